The van der Waals surface area contributed by atoms with Gasteiger partial charge in [-0.3, -0.25) is 9.80 Å². The zero-order valence-electron chi connectivity index (χ0n) is 14.2. The number of aromatic nitrogens is 2. The molecular weight excluding hydrogens is 262 g/mol. The summed E-state index contributed by atoms with van der Waals surface area (Å²) in [4.78, 5) is 9.40. The van der Waals surface area contributed by atoms with Gasteiger partial charge in [0.1, 0.15) is 0 Å². The van der Waals surface area contributed by atoms with E-state index in [1.807, 2.05) is 12.5 Å². The van der Waals surface area contributed by atoms with Crippen LogP contribution < -0.4 is 5.73 Å². The molecule has 0 amide bonds. The molecule has 0 saturated carbocycles. The minimum absolute atomic E-state index is 0.254. The van der Waals surface area contributed by atoms with Crippen molar-refractivity contribution >= 4 is 0 Å². The van der Waals surface area contributed by atoms with Gasteiger partial charge in [-0.25, -0.2) is 4.98 Å². The Bertz CT molecular complexity index is 438. The highest BCUT2D eigenvalue weighted by Gasteiger charge is 2.30. The molecule has 0 spiro atoms. The largest absolute Gasteiger partial charge is 0.331 e. The molecule has 21 heavy (non-hydrogen) atoms. The van der Waals surface area contributed by atoms with E-state index >= 15 is 0 Å². The molecule has 2 heterocycles. The Labute approximate surface area is 129 Å². The molecule has 1 aliphatic heterocycles. The van der Waals surface area contributed by atoms with Gasteiger partial charge in [0, 0.05) is 50.5 Å². The topological polar surface area (TPSA) is 50.3 Å². The lowest BCUT2D eigenvalue weighted by Gasteiger charge is -2.44. The van der Waals surface area contributed by atoms with Gasteiger partial charge < -0.3 is 10.3 Å². The molecule has 0 radical (unpaired) electrons. The van der Waals surface area contributed by atoms with E-state index in [1.54, 1.807) is 0 Å². The smallest absolute Gasteiger partial charge is 0.0951 e. The first-order chi connectivity index (χ1) is 9.84. The quantitative estimate of drug-likeness (QED) is 0.921. The second kappa shape index (κ2) is 6.46. The molecule has 0 aromatic carbocycles. The predicted molar refractivity (Wildman–Crippen MR) is 87.3 cm³/mol. The van der Waals surface area contributed by atoms with E-state index in [4.69, 9.17) is 5.73 Å². The number of piperazine rings is 1. The molecule has 1 atom stereocenters. The second-order valence-corrected chi connectivity index (χ2v) is 7.26. The highest BCUT2D eigenvalue weighted by molar-refractivity contribution is 5.08. The lowest BCUT2D eigenvalue weighted by Crippen LogP contribution is -2.54. The molecule has 1 aliphatic rings. The molecule has 1 aromatic rings. The Kier molecular flexibility index (Phi) is 5.07. The van der Waals surface area contributed by atoms with Crippen LogP contribution in [0.3, 0.4) is 0 Å². The summed E-state index contributed by atoms with van der Waals surface area (Å²) in [5.74, 6) is 0. The lowest BCUT2D eigenvalue weighted by atomic mass is 10.0. The van der Waals surface area contributed by atoms with E-state index in [9.17, 15) is 0 Å². The van der Waals surface area contributed by atoms with Crippen LogP contribution in [0.1, 0.15) is 52.4 Å². The molecule has 1 unspecified atom stereocenters. The SMILES string of the molecule is CC(C)n1cncc1C(CN)N1CCN(C(C)(C)C)CC1. The summed E-state index contributed by atoms with van der Waals surface area (Å²) in [7, 11) is 0. The van der Waals surface area contributed by atoms with E-state index < -0.39 is 0 Å². The first-order valence-electron chi connectivity index (χ1n) is 8.05. The van der Waals surface area contributed by atoms with E-state index in [0.717, 1.165) is 26.2 Å². The molecule has 120 valence electrons. The fourth-order valence-electron chi connectivity index (χ4n) is 3.17. The highest BCUT2D eigenvalue weighted by atomic mass is 15.3. The van der Waals surface area contributed by atoms with Gasteiger partial charge >= 0.3 is 0 Å². The van der Waals surface area contributed by atoms with Crippen molar-refractivity contribution in [2.75, 3.05) is 32.7 Å². The van der Waals surface area contributed by atoms with Gasteiger partial charge in [-0.1, -0.05) is 0 Å². The molecule has 0 aliphatic carbocycles. The first-order valence-corrected chi connectivity index (χ1v) is 8.05. The van der Waals surface area contributed by atoms with Crippen LogP contribution >= 0.6 is 0 Å². The summed E-state index contributed by atoms with van der Waals surface area (Å²) in [6.07, 6.45) is 3.90. The second-order valence-electron chi connectivity index (χ2n) is 7.26. The molecule has 5 heteroatoms. The fourth-order valence-corrected chi connectivity index (χ4v) is 3.17. The van der Waals surface area contributed by atoms with Gasteiger partial charge in [0.05, 0.1) is 18.1 Å². The maximum atomic E-state index is 6.09. The molecule has 5 nitrogen and oxygen atoms in total. The normalized spacial score (nSPS) is 20.1. The van der Waals surface area contributed by atoms with E-state index in [1.165, 1.54) is 5.69 Å². The van der Waals surface area contributed by atoms with Crippen LogP contribution in [-0.2, 0) is 0 Å². The maximum absolute atomic E-state index is 6.09. The average Bonchev–Trinajstić information content (AvgIpc) is 2.88. The van der Waals surface area contributed by atoms with Crippen LogP contribution in [0.4, 0.5) is 0 Å². The minimum Gasteiger partial charge on any atom is -0.331 e. The summed E-state index contributed by atoms with van der Waals surface area (Å²) in [6, 6.07) is 0.699. The van der Waals surface area contributed by atoms with Crippen LogP contribution in [0.15, 0.2) is 12.5 Å². The van der Waals surface area contributed by atoms with Crippen molar-refractivity contribution in [1.82, 2.24) is 19.4 Å². The lowest BCUT2D eigenvalue weighted by molar-refractivity contribution is 0.0416. The summed E-state index contributed by atoms with van der Waals surface area (Å²) in [5.41, 5.74) is 7.59. The van der Waals surface area contributed by atoms with E-state index in [0.29, 0.717) is 12.6 Å². The standard InChI is InChI=1S/C16H31N5/c1-13(2)21-12-18-11-15(21)14(10-17)19-6-8-20(9-7-19)16(3,4)5/h11-14H,6-10,17H2,1-5H3. The number of nitrogens with two attached hydrogens (primary N) is 1. The van der Waals surface area contributed by atoms with Crippen molar-refractivity contribution in [1.29, 1.82) is 0 Å². The monoisotopic (exact) mass is 293 g/mol. The van der Waals surface area contributed by atoms with Gasteiger partial charge in [-0.15, -0.1) is 0 Å². The van der Waals surface area contributed by atoms with Gasteiger partial charge in [-0.2, -0.15) is 0 Å². The summed E-state index contributed by atoms with van der Waals surface area (Å²) in [6.45, 7) is 16.3. The Hall–Kier alpha value is -0.910. The molecule has 1 aromatic heterocycles. The number of nitrogens with zero attached hydrogens (tertiary/aromatic N) is 4. The molecular formula is C16H31N5. The van der Waals surface area contributed by atoms with Crippen LogP contribution in [0.5, 0.6) is 0 Å². The predicted octanol–water partition coefficient (Wildman–Crippen LogP) is 1.88. The Morgan fingerprint density at radius 2 is 1.81 bits per heavy atom. The van der Waals surface area contributed by atoms with Crippen molar-refractivity contribution in [3.05, 3.63) is 18.2 Å². The van der Waals surface area contributed by atoms with Crippen LogP contribution in [0, 0.1) is 0 Å². The molecule has 2 rings (SSSR count). The first kappa shape index (κ1) is 16.5. The van der Waals surface area contributed by atoms with E-state index in [2.05, 4.69) is 54.0 Å². The van der Waals surface area contributed by atoms with Crippen molar-refractivity contribution < 1.29 is 0 Å². The van der Waals surface area contributed by atoms with Gasteiger partial charge in [0.2, 0.25) is 0 Å². The van der Waals surface area contributed by atoms with E-state index in [-0.39, 0.29) is 11.6 Å². The number of hydrogen-bond acceptors (Lipinski definition) is 4. The van der Waals surface area contributed by atoms with Crippen LogP contribution in [0.25, 0.3) is 0 Å². The fraction of sp³-hybridized carbons (Fsp3) is 0.812. The van der Waals surface area contributed by atoms with Gasteiger partial charge in [0.15, 0.2) is 0 Å². The third kappa shape index (κ3) is 3.65. The van der Waals surface area contributed by atoms with Crippen molar-refractivity contribution in [2.45, 2.75) is 52.2 Å². The van der Waals surface area contributed by atoms with Gasteiger partial charge in [-0.05, 0) is 34.6 Å². The van der Waals surface area contributed by atoms with Crippen molar-refractivity contribution in [3.63, 3.8) is 0 Å². The third-order valence-electron chi connectivity index (χ3n) is 4.52. The van der Waals surface area contributed by atoms with Crippen LogP contribution in [-0.4, -0.2) is 57.6 Å². The zero-order valence-corrected chi connectivity index (χ0v) is 14.2. The summed E-state index contributed by atoms with van der Waals surface area (Å²) < 4.78 is 2.24. The third-order valence-corrected chi connectivity index (χ3v) is 4.52. The van der Waals surface area contributed by atoms with Gasteiger partial charge in [0.25, 0.3) is 0 Å². The maximum Gasteiger partial charge on any atom is 0.0951 e. The molecule has 1 fully saturated rings. The number of imidazole rings is 1. The average molecular weight is 293 g/mol. The summed E-state index contributed by atoms with van der Waals surface area (Å²) >= 11 is 0. The highest BCUT2D eigenvalue weighted by Crippen LogP contribution is 2.25. The number of rotatable bonds is 4. The van der Waals surface area contributed by atoms with Crippen molar-refractivity contribution in [2.24, 2.45) is 5.73 Å². The zero-order chi connectivity index (χ0) is 15.6. The summed E-state index contributed by atoms with van der Waals surface area (Å²) in [5, 5.41) is 0. The molecule has 0 bridgehead atoms. The Morgan fingerprint density at radius 3 is 2.29 bits per heavy atom. The van der Waals surface area contributed by atoms with Crippen molar-refractivity contribution in [3.8, 4) is 0 Å². The number of hydrogen-bond donors (Lipinski definition) is 1. The Morgan fingerprint density at radius 1 is 1.19 bits per heavy atom. The molecule has 2 N–H and O–H groups in total. The Balaban J connectivity index is 2.08. The van der Waals surface area contributed by atoms with Crippen LogP contribution in [0.2, 0.25) is 0 Å². The molecule has 1 saturated heterocycles. The minimum atomic E-state index is 0.254.